The Kier molecular flexibility index (Phi) is 3.55. The maximum Gasteiger partial charge on any atom is 0.0358 e. The van der Waals surface area contributed by atoms with E-state index in [1.165, 1.54) is 24.9 Å². The Morgan fingerprint density at radius 1 is 1.11 bits per heavy atom. The van der Waals surface area contributed by atoms with E-state index in [1.807, 2.05) is 0 Å². The van der Waals surface area contributed by atoms with Crippen molar-refractivity contribution < 1.29 is 0 Å². The van der Waals surface area contributed by atoms with Gasteiger partial charge in [0.1, 0.15) is 0 Å². The minimum atomic E-state index is 0.247. The van der Waals surface area contributed by atoms with Gasteiger partial charge in [0.05, 0.1) is 0 Å². The molecule has 1 aliphatic heterocycles. The predicted molar refractivity (Wildman–Crippen MR) is 78.7 cm³/mol. The lowest BCUT2D eigenvalue weighted by atomic mass is 9.75. The van der Waals surface area contributed by atoms with Crippen molar-refractivity contribution in [1.82, 2.24) is 4.90 Å². The van der Waals surface area contributed by atoms with Gasteiger partial charge < -0.3 is 0 Å². The quantitative estimate of drug-likeness (QED) is 0.696. The van der Waals surface area contributed by atoms with Gasteiger partial charge in [-0.1, -0.05) is 44.2 Å². The second kappa shape index (κ2) is 4.70. The van der Waals surface area contributed by atoms with Crippen LogP contribution in [0.15, 0.2) is 30.3 Å². The fourth-order valence-electron chi connectivity index (χ4n) is 3.09. The standard InChI is InChI=1S/C17H27N/c1-16(2,3)18-12-11-17(4,5)13-15(18)14-9-7-6-8-10-14/h6-10,15H,11-13H2,1-5H3/t15-/m1/s1. The molecule has 0 amide bonds. The van der Waals surface area contributed by atoms with Crippen LogP contribution in [0.4, 0.5) is 0 Å². The highest BCUT2D eigenvalue weighted by atomic mass is 15.2. The fraction of sp³-hybridized carbons (Fsp3) is 0.647. The number of piperidine rings is 1. The molecule has 1 aromatic rings. The molecule has 0 saturated carbocycles. The number of hydrogen-bond acceptors (Lipinski definition) is 1. The lowest BCUT2D eigenvalue weighted by Gasteiger charge is -2.49. The largest absolute Gasteiger partial charge is 0.291 e. The van der Waals surface area contributed by atoms with Gasteiger partial charge in [0.15, 0.2) is 0 Å². The Labute approximate surface area is 112 Å². The summed E-state index contributed by atoms with van der Waals surface area (Å²) >= 11 is 0. The van der Waals surface area contributed by atoms with Crippen molar-refractivity contribution in [3.63, 3.8) is 0 Å². The molecule has 0 aromatic heterocycles. The number of benzene rings is 1. The maximum absolute atomic E-state index is 2.67. The van der Waals surface area contributed by atoms with Crippen LogP contribution >= 0.6 is 0 Å². The molecule has 0 spiro atoms. The van der Waals surface area contributed by atoms with Crippen LogP contribution in [0.1, 0.15) is 59.1 Å². The van der Waals surface area contributed by atoms with Crippen LogP contribution in [0.25, 0.3) is 0 Å². The zero-order valence-corrected chi connectivity index (χ0v) is 12.5. The van der Waals surface area contributed by atoms with Gasteiger partial charge in [-0.25, -0.2) is 0 Å². The van der Waals surface area contributed by atoms with E-state index >= 15 is 0 Å². The molecule has 2 rings (SSSR count). The molecule has 0 bridgehead atoms. The first-order chi connectivity index (χ1) is 8.30. The van der Waals surface area contributed by atoms with Gasteiger partial charge in [-0.3, -0.25) is 4.90 Å². The van der Waals surface area contributed by atoms with Gasteiger partial charge in [0.25, 0.3) is 0 Å². The minimum Gasteiger partial charge on any atom is -0.291 e. The average Bonchev–Trinajstić information content (AvgIpc) is 2.27. The molecule has 1 nitrogen and oxygen atoms in total. The Bertz CT molecular complexity index is 386. The molecule has 0 N–H and O–H groups in total. The summed E-state index contributed by atoms with van der Waals surface area (Å²) < 4.78 is 0. The maximum atomic E-state index is 2.67. The Hall–Kier alpha value is -0.820. The van der Waals surface area contributed by atoms with E-state index in [0.717, 1.165) is 0 Å². The van der Waals surface area contributed by atoms with E-state index in [-0.39, 0.29) is 5.54 Å². The molecule has 0 aliphatic carbocycles. The van der Waals surface area contributed by atoms with E-state index in [9.17, 15) is 0 Å². The molecule has 100 valence electrons. The zero-order valence-electron chi connectivity index (χ0n) is 12.5. The third kappa shape index (κ3) is 2.95. The van der Waals surface area contributed by atoms with E-state index in [2.05, 4.69) is 69.9 Å². The van der Waals surface area contributed by atoms with Crippen LogP contribution < -0.4 is 0 Å². The summed E-state index contributed by atoms with van der Waals surface area (Å²) in [4.78, 5) is 2.67. The molecule has 1 aliphatic rings. The number of likely N-dealkylation sites (tertiary alicyclic amines) is 1. The summed E-state index contributed by atoms with van der Waals surface area (Å²) in [5, 5.41) is 0. The van der Waals surface area contributed by atoms with Gasteiger partial charge in [-0.2, -0.15) is 0 Å². The highest BCUT2D eigenvalue weighted by molar-refractivity contribution is 5.21. The van der Waals surface area contributed by atoms with E-state index in [4.69, 9.17) is 0 Å². The summed E-state index contributed by atoms with van der Waals surface area (Å²) in [6, 6.07) is 11.6. The van der Waals surface area contributed by atoms with Gasteiger partial charge in [-0.15, -0.1) is 0 Å². The number of nitrogens with zero attached hydrogens (tertiary/aromatic N) is 1. The van der Waals surface area contributed by atoms with Crippen molar-refractivity contribution in [2.45, 2.75) is 59.0 Å². The van der Waals surface area contributed by atoms with Crippen LogP contribution in [-0.2, 0) is 0 Å². The summed E-state index contributed by atoms with van der Waals surface area (Å²) in [6.07, 6.45) is 2.56. The molecule has 1 fully saturated rings. The smallest absolute Gasteiger partial charge is 0.0358 e. The molecule has 1 saturated heterocycles. The average molecular weight is 245 g/mol. The summed E-state index contributed by atoms with van der Waals surface area (Å²) in [7, 11) is 0. The van der Waals surface area contributed by atoms with Gasteiger partial charge in [0.2, 0.25) is 0 Å². The lowest BCUT2D eigenvalue weighted by Crippen LogP contribution is -2.49. The summed E-state index contributed by atoms with van der Waals surface area (Å²) in [5.74, 6) is 0. The van der Waals surface area contributed by atoms with E-state index in [0.29, 0.717) is 11.5 Å². The molecular weight excluding hydrogens is 218 g/mol. The van der Waals surface area contributed by atoms with Crippen molar-refractivity contribution in [2.24, 2.45) is 5.41 Å². The van der Waals surface area contributed by atoms with Crippen LogP contribution in [0, 0.1) is 5.41 Å². The van der Waals surface area contributed by atoms with Crippen molar-refractivity contribution in [2.75, 3.05) is 6.54 Å². The first-order valence-electron chi connectivity index (χ1n) is 7.11. The predicted octanol–water partition coefficient (Wildman–Crippen LogP) is 4.65. The molecule has 1 aromatic carbocycles. The van der Waals surface area contributed by atoms with Gasteiger partial charge in [0, 0.05) is 11.6 Å². The van der Waals surface area contributed by atoms with Crippen LogP contribution in [0.2, 0.25) is 0 Å². The van der Waals surface area contributed by atoms with Crippen LogP contribution in [-0.4, -0.2) is 17.0 Å². The first-order valence-corrected chi connectivity index (χ1v) is 7.11. The molecular formula is C17H27N. The van der Waals surface area contributed by atoms with Crippen molar-refractivity contribution in [3.05, 3.63) is 35.9 Å². The minimum absolute atomic E-state index is 0.247. The highest BCUT2D eigenvalue weighted by Gasteiger charge is 2.38. The normalized spacial score (nSPS) is 25.1. The molecule has 0 radical (unpaired) electrons. The van der Waals surface area contributed by atoms with E-state index in [1.54, 1.807) is 0 Å². The van der Waals surface area contributed by atoms with Gasteiger partial charge >= 0.3 is 0 Å². The fourth-order valence-corrected chi connectivity index (χ4v) is 3.09. The van der Waals surface area contributed by atoms with Crippen molar-refractivity contribution in [3.8, 4) is 0 Å². The SMILES string of the molecule is CC1(C)CCN(C(C)(C)C)[C@@H](c2ccccc2)C1. The second-order valence-electron chi connectivity index (χ2n) is 7.41. The first kappa shape index (κ1) is 13.6. The number of rotatable bonds is 1. The van der Waals surface area contributed by atoms with Gasteiger partial charge in [-0.05, 0) is 51.1 Å². The van der Waals surface area contributed by atoms with Crippen LogP contribution in [0.5, 0.6) is 0 Å². The van der Waals surface area contributed by atoms with Crippen molar-refractivity contribution in [1.29, 1.82) is 0 Å². The number of hydrogen-bond donors (Lipinski definition) is 0. The Balaban J connectivity index is 2.31. The lowest BCUT2D eigenvalue weighted by molar-refractivity contribution is 0.00346. The molecule has 1 atom stereocenters. The summed E-state index contributed by atoms with van der Waals surface area (Å²) in [5.41, 5.74) is 2.18. The molecule has 1 heterocycles. The molecule has 18 heavy (non-hydrogen) atoms. The molecule has 1 heteroatoms. The monoisotopic (exact) mass is 245 g/mol. The summed E-state index contributed by atoms with van der Waals surface area (Å²) in [6.45, 7) is 13.0. The van der Waals surface area contributed by atoms with Crippen LogP contribution in [0.3, 0.4) is 0 Å². The topological polar surface area (TPSA) is 3.24 Å². The zero-order chi connectivity index (χ0) is 13.4. The second-order valence-corrected chi connectivity index (χ2v) is 7.41. The molecule has 0 unspecified atom stereocenters. The van der Waals surface area contributed by atoms with Crippen molar-refractivity contribution >= 4 is 0 Å². The Morgan fingerprint density at radius 3 is 2.28 bits per heavy atom. The third-order valence-corrected chi connectivity index (χ3v) is 4.20. The third-order valence-electron chi connectivity index (χ3n) is 4.20. The Morgan fingerprint density at radius 2 is 1.72 bits per heavy atom. The van der Waals surface area contributed by atoms with E-state index < -0.39 is 0 Å². The highest BCUT2D eigenvalue weighted by Crippen LogP contribution is 2.44.